The van der Waals surface area contributed by atoms with Gasteiger partial charge in [0.05, 0.1) is 34.6 Å². The summed E-state index contributed by atoms with van der Waals surface area (Å²) in [5, 5.41) is 15.6. The molecule has 5 nitrogen and oxygen atoms in total. The van der Waals surface area contributed by atoms with Crippen molar-refractivity contribution in [3.05, 3.63) is 42.0 Å². The van der Waals surface area contributed by atoms with Gasteiger partial charge in [0.1, 0.15) is 5.82 Å². The Morgan fingerprint density at radius 1 is 1.41 bits per heavy atom. The average molecular weight is 223 g/mol. The summed E-state index contributed by atoms with van der Waals surface area (Å²) >= 11 is 0. The smallest absolute Gasteiger partial charge is 0.111 e. The van der Waals surface area contributed by atoms with Crippen molar-refractivity contribution >= 4 is 11.0 Å². The molecular weight excluding hydrogens is 214 g/mol. The number of nitrogens with one attached hydrogen (secondary N) is 1. The Balaban J connectivity index is 2.37. The first-order valence-corrected chi connectivity index (χ1v) is 5.18. The number of aryl methyl sites for hydroxylation is 1. The van der Waals surface area contributed by atoms with Crippen LogP contribution in [0.4, 0.5) is 0 Å². The molecular formula is C12H9N5. The van der Waals surface area contributed by atoms with E-state index >= 15 is 0 Å². The Labute approximate surface area is 97.3 Å². The van der Waals surface area contributed by atoms with E-state index in [9.17, 15) is 0 Å². The van der Waals surface area contributed by atoms with Crippen LogP contribution >= 0.6 is 0 Å². The number of fused-ring (bicyclic) bond motifs is 1. The van der Waals surface area contributed by atoms with Gasteiger partial charge in [0.2, 0.25) is 0 Å². The molecule has 0 fully saturated rings. The van der Waals surface area contributed by atoms with E-state index in [0.29, 0.717) is 5.56 Å². The number of hydrogen-bond donors (Lipinski definition) is 1. The molecule has 0 aliphatic carbocycles. The van der Waals surface area contributed by atoms with Crippen molar-refractivity contribution in [2.75, 3.05) is 0 Å². The van der Waals surface area contributed by atoms with Crippen LogP contribution in [0.3, 0.4) is 0 Å². The lowest BCUT2D eigenvalue weighted by atomic mass is 10.2. The number of aromatic nitrogens is 4. The zero-order valence-corrected chi connectivity index (χ0v) is 9.18. The fourth-order valence-electron chi connectivity index (χ4n) is 1.96. The minimum atomic E-state index is 0.627. The van der Waals surface area contributed by atoms with Crippen LogP contribution in [0.25, 0.3) is 16.7 Å². The first-order chi connectivity index (χ1) is 8.29. The van der Waals surface area contributed by atoms with Gasteiger partial charge in [-0.25, -0.2) is 4.98 Å². The Morgan fingerprint density at radius 2 is 2.29 bits per heavy atom. The fraction of sp³-hybridized carbons (Fsp3) is 0.0833. The van der Waals surface area contributed by atoms with Crippen molar-refractivity contribution in [3.8, 4) is 11.8 Å². The molecule has 1 N–H and O–H groups in total. The van der Waals surface area contributed by atoms with Crippen molar-refractivity contribution in [1.82, 2.24) is 19.7 Å². The molecule has 5 heteroatoms. The molecule has 0 atom stereocenters. The maximum atomic E-state index is 8.93. The molecule has 0 amide bonds. The minimum Gasteiger partial charge on any atom is -0.293 e. The Bertz CT molecular complexity index is 715. The van der Waals surface area contributed by atoms with E-state index in [1.165, 1.54) is 0 Å². The van der Waals surface area contributed by atoms with Crippen molar-refractivity contribution in [3.63, 3.8) is 0 Å². The van der Waals surface area contributed by atoms with Crippen LogP contribution in [-0.2, 0) is 0 Å². The van der Waals surface area contributed by atoms with Crippen LogP contribution < -0.4 is 0 Å². The van der Waals surface area contributed by atoms with Crippen LogP contribution in [0.5, 0.6) is 0 Å². The number of nitrogens with zero attached hydrogens (tertiary/aromatic N) is 4. The van der Waals surface area contributed by atoms with Gasteiger partial charge in [0.15, 0.2) is 0 Å². The molecule has 2 heterocycles. The summed E-state index contributed by atoms with van der Waals surface area (Å²) in [4.78, 5) is 4.46. The van der Waals surface area contributed by atoms with Crippen LogP contribution in [0.1, 0.15) is 11.4 Å². The maximum absolute atomic E-state index is 8.93. The van der Waals surface area contributed by atoms with Gasteiger partial charge >= 0.3 is 0 Å². The van der Waals surface area contributed by atoms with Crippen molar-refractivity contribution in [2.24, 2.45) is 0 Å². The Hall–Kier alpha value is -2.61. The molecule has 0 saturated carbocycles. The molecule has 0 unspecified atom stereocenters. The second-order valence-electron chi connectivity index (χ2n) is 3.77. The summed E-state index contributed by atoms with van der Waals surface area (Å²) in [5.41, 5.74) is 3.34. The lowest BCUT2D eigenvalue weighted by molar-refractivity contribution is 1.00. The molecule has 2 aromatic heterocycles. The molecule has 82 valence electrons. The van der Waals surface area contributed by atoms with Crippen LogP contribution in [0, 0.1) is 18.3 Å². The number of rotatable bonds is 1. The predicted molar refractivity (Wildman–Crippen MR) is 62.7 cm³/mol. The van der Waals surface area contributed by atoms with Crippen molar-refractivity contribution in [2.45, 2.75) is 6.92 Å². The molecule has 17 heavy (non-hydrogen) atoms. The van der Waals surface area contributed by atoms with Crippen LogP contribution in [-0.4, -0.2) is 19.7 Å². The number of imidazole rings is 1. The summed E-state index contributed by atoms with van der Waals surface area (Å²) in [6, 6.07) is 7.60. The lowest BCUT2D eigenvalue weighted by Crippen LogP contribution is -1.94. The van der Waals surface area contributed by atoms with Gasteiger partial charge in [-0.05, 0) is 25.1 Å². The molecule has 3 aromatic rings. The molecule has 3 rings (SSSR count). The van der Waals surface area contributed by atoms with Crippen LogP contribution in [0.15, 0.2) is 30.6 Å². The predicted octanol–water partition coefficient (Wildman–Crippen LogP) is 1.93. The van der Waals surface area contributed by atoms with Gasteiger partial charge in [-0.2, -0.15) is 10.4 Å². The number of H-pyrrole nitrogens is 1. The van der Waals surface area contributed by atoms with E-state index in [0.717, 1.165) is 22.5 Å². The number of benzene rings is 1. The highest BCUT2D eigenvalue weighted by Crippen LogP contribution is 2.21. The normalized spacial score (nSPS) is 10.6. The topological polar surface area (TPSA) is 70.3 Å². The molecule has 0 aliphatic rings. The zero-order chi connectivity index (χ0) is 11.8. The van der Waals surface area contributed by atoms with E-state index in [-0.39, 0.29) is 0 Å². The summed E-state index contributed by atoms with van der Waals surface area (Å²) in [5.74, 6) is 0.872. The van der Waals surface area contributed by atoms with E-state index < -0.39 is 0 Å². The number of aromatic amines is 1. The lowest BCUT2D eigenvalue weighted by Gasteiger charge is -2.02. The first kappa shape index (κ1) is 9.60. The molecule has 0 radical (unpaired) electrons. The standard InChI is InChI=1S/C12H9N5/c1-8-16-11-3-2-9(5-13)4-12(11)17(8)10-6-14-15-7-10/h2-4,6-7H,1H3,(H,14,15). The zero-order valence-electron chi connectivity index (χ0n) is 9.18. The Morgan fingerprint density at radius 3 is 3.00 bits per heavy atom. The first-order valence-electron chi connectivity index (χ1n) is 5.18. The summed E-state index contributed by atoms with van der Waals surface area (Å²) in [7, 11) is 0. The van der Waals surface area contributed by atoms with Gasteiger partial charge in [-0.1, -0.05) is 0 Å². The van der Waals surface area contributed by atoms with E-state index in [1.807, 2.05) is 23.6 Å². The second-order valence-corrected chi connectivity index (χ2v) is 3.77. The monoisotopic (exact) mass is 223 g/mol. The minimum absolute atomic E-state index is 0.627. The molecule has 0 aliphatic heterocycles. The third kappa shape index (κ3) is 1.39. The van der Waals surface area contributed by atoms with Crippen molar-refractivity contribution < 1.29 is 0 Å². The van der Waals surface area contributed by atoms with Gasteiger partial charge < -0.3 is 0 Å². The highest BCUT2D eigenvalue weighted by molar-refractivity contribution is 5.79. The number of hydrogen-bond acceptors (Lipinski definition) is 3. The van der Waals surface area contributed by atoms with Gasteiger partial charge in [-0.3, -0.25) is 9.67 Å². The largest absolute Gasteiger partial charge is 0.293 e. The van der Waals surface area contributed by atoms with Gasteiger partial charge in [-0.15, -0.1) is 0 Å². The van der Waals surface area contributed by atoms with Gasteiger partial charge in [0, 0.05) is 6.20 Å². The summed E-state index contributed by atoms with van der Waals surface area (Å²) in [6.45, 7) is 1.93. The SMILES string of the molecule is Cc1nc2ccc(C#N)cc2n1-c1cn[nH]c1. The average Bonchev–Trinajstić information content (AvgIpc) is 2.93. The quantitative estimate of drug-likeness (QED) is 0.685. The summed E-state index contributed by atoms with van der Waals surface area (Å²) in [6.07, 6.45) is 3.53. The van der Waals surface area contributed by atoms with Crippen molar-refractivity contribution in [1.29, 1.82) is 5.26 Å². The highest BCUT2D eigenvalue weighted by Gasteiger charge is 2.10. The van der Waals surface area contributed by atoms with Crippen LogP contribution in [0.2, 0.25) is 0 Å². The van der Waals surface area contributed by atoms with E-state index in [2.05, 4.69) is 21.3 Å². The summed E-state index contributed by atoms with van der Waals surface area (Å²) < 4.78 is 1.97. The third-order valence-corrected chi connectivity index (χ3v) is 2.69. The Kier molecular flexibility index (Phi) is 1.95. The van der Waals surface area contributed by atoms with E-state index in [1.54, 1.807) is 18.5 Å². The molecule has 0 bridgehead atoms. The molecule has 1 aromatic carbocycles. The second kappa shape index (κ2) is 3.46. The third-order valence-electron chi connectivity index (χ3n) is 2.69. The maximum Gasteiger partial charge on any atom is 0.111 e. The molecule has 0 saturated heterocycles. The number of nitriles is 1. The fourth-order valence-corrected chi connectivity index (χ4v) is 1.96. The molecule has 0 spiro atoms. The van der Waals surface area contributed by atoms with Gasteiger partial charge in [0.25, 0.3) is 0 Å². The van der Waals surface area contributed by atoms with E-state index in [4.69, 9.17) is 5.26 Å². The highest BCUT2D eigenvalue weighted by atomic mass is 15.2.